The smallest absolute Gasteiger partial charge is 0.325 e. The first-order valence-electron chi connectivity index (χ1n) is 4.83. The summed E-state index contributed by atoms with van der Waals surface area (Å²) >= 11 is 0. The Balaban J connectivity index is 2.30. The predicted octanol–water partition coefficient (Wildman–Crippen LogP) is -1.35. The number of hydrogen-bond donors (Lipinski definition) is 2. The Morgan fingerprint density at radius 2 is 2.40 bits per heavy atom. The predicted molar refractivity (Wildman–Crippen MR) is 52.2 cm³/mol. The minimum absolute atomic E-state index is 0.107. The van der Waals surface area contributed by atoms with Crippen LogP contribution in [0, 0.1) is 0 Å². The van der Waals surface area contributed by atoms with Gasteiger partial charge in [0, 0.05) is 13.7 Å². The fourth-order valence-electron chi connectivity index (χ4n) is 1.28. The number of hydrogen-bond acceptors (Lipinski definition) is 5. The lowest BCUT2D eigenvalue weighted by Crippen LogP contribution is -2.56. The average molecular weight is 216 g/mol. The van der Waals surface area contributed by atoms with Gasteiger partial charge in [0.15, 0.2) is 0 Å². The van der Waals surface area contributed by atoms with Crippen molar-refractivity contribution in [2.45, 2.75) is 19.1 Å². The number of carbonyl (C=O) groups is 2. The molecule has 1 fully saturated rings. The van der Waals surface area contributed by atoms with E-state index in [0.29, 0.717) is 6.61 Å². The Hall–Kier alpha value is -1.14. The maximum absolute atomic E-state index is 11.5. The molecular weight excluding hydrogens is 200 g/mol. The van der Waals surface area contributed by atoms with Gasteiger partial charge in [-0.1, -0.05) is 0 Å². The third-order valence-electron chi connectivity index (χ3n) is 2.02. The third-order valence-corrected chi connectivity index (χ3v) is 2.02. The van der Waals surface area contributed by atoms with Crippen molar-refractivity contribution in [1.82, 2.24) is 10.6 Å². The van der Waals surface area contributed by atoms with Gasteiger partial charge in [0.25, 0.3) is 0 Å². The normalized spacial score (nSPS) is 23.1. The molecule has 0 aromatic heterocycles. The van der Waals surface area contributed by atoms with Gasteiger partial charge in [0.2, 0.25) is 5.91 Å². The molecule has 6 nitrogen and oxygen atoms in total. The molecule has 1 amide bonds. The van der Waals surface area contributed by atoms with E-state index in [1.54, 1.807) is 14.0 Å². The second-order valence-electron chi connectivity index (χ2n) is 3.44. The minimum atomic E-state index is -0.456. The molecule has 2 atom stereocenters. The van der Waals surface area contributed by atoms with Crippen LogP contribution in [0.25, 0.3) is 0 Å². The van der Waals surface area contributed by atoms with E-state index >= 15 is 0 Å². The summed E-state index contributed by atoms with van der Waals surface area (Å²) in [6, 6.07) is -0.456. The van der Waals surface area contributed by atoms with Crippen LogP contribution in [0.15, 0.2) is 0 Å². The number of nitrogens with one attached hydrogen (secondary N) is 2. The fraction of sp³-hybridized carbons (Fsp3) is 0.778. The first-order valence-corrected chi connectivity index (χ1v) is 4.83. The van der Waals surface area contributed by atoms with E-state index in [0.717, 1.165) is 0 Å². The largest absolute Gasteiger partial charge is 0.459 e. The standard InChI is InChI=1S/C9H16N2O4/c1-6(5-14-2)15-9(13)7-3-11-8(12)4-10-7/h6-7,10H,3-5H2,1-2H3,(H,11,12). The van der Waals surface area contributed by atoms with Crippen molar-refractivity contribution in [3.8, 4) is 0 Å². The number of methoxy groups -OCH3 is 1. The van der Waals surface area contributed by atoms with E-state index < -0.39 is 6.04 Å². The van der Waals surface area contributed by atoms with E-state index in [9.17, 15) is 9.59 Å². The van der Waals surface area contributed by atoms with Gasteiger partial charge in [-0.25, -0.2) is 0 Å². The van der Waals surface area contributed by atoms with Gasteiger partial charge < -0.3 is 14.8 Å². The molecule has 0 saturated carbocycles. The Bertz CT molecular complexity index is 234. The summed E-state index contributed by atoms with van der Waals surface area (Å²) in [6.45, 7) is 2.55. The molecule has 6 heteroatoms. The highest BCUT2D eigenvalue weighted by atomic mass is 16.6. The van der Waals surface area contributed by atoms with Crippen LogP contribution < -0.4 is 10.6 Å². The topological polar surface area (TPSA) is 76.7 Å². The number of piperazine rings is 1. The van der Waals surface area contributed by atoms with Gasteiger partial charge in [-0.3, -0.25) is 14.9 Å². The van der Waals surface area contributed by atoms with Gasteiger partial charge in [-0.15, -0.1) is 0 Å². The Morgan fingerprint density at radius 1 is 1.67 bits per heavy atom. The van der Waals surface area contributed by atoms with Crippen molar-refractivity contribution in [1.29, 1.82) is 0 Å². The van der Waals surface area contributed by atoms with Crippen LogP contribution in [-0.4, -0.2) is 50.8 Å². The summed E-state index contributed by atoms with van der Waals surface area (Å²) in [7, 11) is 1.55. The van der Waals surface area contributed by atoms with Crippen molar-refractivity contribution in [3.05, 3.63) is 0 Å². The lowest BCUT2D eigenvalue weighted by atomic mass is 10.2. The molecule has 0 aromatic carbocycles. The maximum Gasteiger partial charge on any atom is 0.325 e. The highest BCUT2D eigenvalue weighted by molar-refractivity contribution is 5.83. The maximum atomic E-state index is 11.5. The monoisotopic (exact) mass is 216 g/mol. The molecule has 0 aliphatic carbocycles. The van der Waals surface area contributed by atoms with Gasteiger partial charge in [0.1, 0.15) is 12.1 Å². The molecule has 86 valence electrons. The fourth-order valence-corrected chi connectivity index (χ4v) is 1.28. The first kappa shape index (κ1) is 11.9. The zero-order valence-electron chi connectivity index (χ0n) is 8.91. The SMILES string of the molecule is COCC(C)OC(=O)C1CNC(=O)CN1. The molecule has 1 rings (SSSR count). The van der Waals surface area contributed by atoms with Crippen molar-refractivity contribution in [2.75, 3.05) is 26.8 Å². The molecule has 0 radical (unpaired) electrons. The number of rotatable bonds is 4. The van der Waals surface area contributed by atoms with Crippen LogP contribution in [0.4, 0.5) is 0 Å². The second kappa shape index (κ2) is 5.67. The number of ether oxygens (including phenoxy) is 2. The Labute approximate surface area is 88.3 Å². The summed E-state index contributed by atoms with van der Waals surface area (Å²) in [5.74, 6) is -0.469. The Morgan fingerprint density at radius 3 is 2.93 bits per heavy atom. The van der Waals surface area contributed by atoms with Crippen molar-refractivity contribution in [2.24, 2.45) is 0 Å². The zero-order valence-corrected chi connectivity index (χ0v) is 8.91. The minimum Gasteiger partial charge on any atom is -0.459 e. The third kappa shape index (κ3) is 3.85. The van der Waals surface area contributed by atoms with Gasteiger partial charge in [-0.2, -0.15) is 0 Å². The molecule has 2 N–H and O–H groups in total. The lowest BCUT2D eigenvalue weighted by molar-refractivity contribution is -0.153. The molecule has 0 bridgehead atoms. The molecule has 15 heavy (non-hydrogen) atoms. The van der Waals surface area contributed by atoms with Crippen LogP contribution in [0.5, 0.6) is 0 Å². The summed E-state index contributed by atoms with van der Waals surface area (Å²) in [5.41, 5.74) is 0. The van der Waals surface area contributed by atoms with E-state index in [2.05, 4.69) is 10.6 Å². The van der Waals surface area contributed by atoms with E-state index in [1.807, 2.05) is 0 Å². The molecular formula is C9H16N2O4. The van der Waals surface area contributed by atoms with Crippen molar-refractivity contribution >= 4 is 11.9 Å². The molecule has 0 aromatic rings. The summed E-state index contributed by atoms with van der Waals surface area (Å²) in [4.78, 5) is 22.3. The van der Waals surface area contributed by atoms with Crippen LogP contribution in [-0.2, 0) is 19.1 Å². The van der Waals surface area contributed by atoms with Crippen LogP contribution >= 0.6 is 0 Å². The quantitative estimate of drug-likeness (QED) is 0.568. The van der Waals surface area contributed by atoms with E-state index in [4.69, 9.17) is 9.47 Å². The van der Waals surface area contributed by atoms with Crippen LogP contribution in [0.3, 0.4) is 0 Å². The second-order valence-corrected chi connectivity index (χ2v) is 3.44. The molecule has 1 saturated heterocycles. The van der Waals surface area contributed by atoms with Gasteiger partial charge in [0.05, 0.1) is 13.2 Å². The number of carbonyl (C=O) groups excluding carboxylic acids is 2. The molecule has 1 heterocycles. The highest BCUT2D eigenvalue weighted by Gasteiger charge is 2.26. The van der Waals surface area contributed by atoms with E-state index in [1.165, 1.54) is 0 Å². The van der Waals surface area contributed by atoms with Gasteiger partial charge in [-0.05, 0) is 6.92 Å². The summed E-state index contributed by atoms with van der Waals surface area (Å²) in [6.07, 6.45) is -0.276. The molecule has 0 spiro atoms. The average Bonchev–Trinajstić information content (AvgIpc) is 2.18. The highest BCUT2D eigenvalue weighted by Crippen LogP contribution is 1.97. The number of esters is 1. The van der Waals surface area contributed by atoms with Gasteiger partial charge >= 0.3 is 5.97 Å². The van der Waals surface area contributed by atoms with Crippen molar-refractivity contribution in [3.63, 3.8) is 0 Å². The first-order chi connectivity index (χ1) is 7.13. The molecule has 1 aliphatic rings. The summed E-state index contributed by atoms with van der Waals surface area (Å²) < 4.78 is 9.93. The van der Waals surface area contributed by atoms with E-state index in [-0.39, 0.29) is 31.1 Å². The molecule has 2 unspecified atom stereocenters. The van der Waals surface area contributed by atoms with Crippen LogP contribution in [0.1, 0.15) is 6.92 Å². The number of amides is 1. The Kier molecular flexibility index (Phi) is 4.51. The zero-order chi connectivity index (χ0) is 11.3. The lowest BCUT2D eigenvalue weighted by Gasteiger charge is -2.23. The summed E-state index contributed by atoms with van der Waals surface area (Å²) in [5, 5.41) is 5.37. The van der Waals surface area contributed by atoms with Crippen molar-refractivity contribution < 1.29 is 19.1 Å². The molecule has 1 aliphatic heterocycles. The van der Waals surface area contributed by atoms with Crippen LogP contribution in [0.2, 0.25) is 0 Å².